The highest BCUT2D eigenvalue weighted by atomic mass is 79.9. The summed E-state index contributed by atoms with van der Waals surface area (Å²) in [6.45, 7) is 0. The Morgan fingerprint density at radius 2 is 1.19 bits per heavy atom. The summed E-state index contributed by atoms with van der Waals surface area (Å²) >= 11 is 3.52. The third kappa shape index (κ3) is 4.27. The molecule has 0 radical (unpaired) electrons. The van der Waals surface area contributed by atoms with Crippen LogP contribution in [0.3, 0.4) is 0 Å². The number of hydrogen-bond donors (Lipinski definition) is 0. The molecule has 1 saturated carbocycles. The van der Waals surface area contributed by atoms with E-state index in [0.717, 1.165) is 22.3 Å². The van der Waals surface area contributed by atoms with Gasteiger partial charge < -0.3 is 18.9 Å². The van der Waals surface area contributed by atoms with Crippen LogP contribution >= 0.6 is 15.9 Å². The fraction of sp³-hybridized carbons (Fsp3) is 0.364. The third-order valence-corrected chi connectivity index (χ3v) is 6.11. The average Bonchev–Trinajstić information content (AvgIpc) is 2.79. The molecule has 0 N–H and O–H groups in total. The first-order valence-corrected chi connectivity index (χ1v) is 10.5. The van der Waals surface area contributed by atoms with Gasteiger partial charge >= 0.3 is 12.0 Å². The molecule has 4 rings (SSSR count). The van der Waals surface area contributed by atoms with E-state index in [-0.39, 0.29) is 29.8 Å². The van der Waals surface area contributed by atoms with Crippen molar-refractivity contribution in [2.45, 2.75) is 24.2 Å². The van der Waals surface area contributed by atoms with Crippen LogP contribution in [0, 0.1) is 0 Å². The maximum atomic E-state index is 5.35. The predicted molar refractivity (Wildman–Crippen MR) is 117 cm³/mol. The van der Waals surface area contributed by atoms with Crippen LogP contribution in [-0.4, -0.2) is 48.4 Å². The maximum Gasteiger partial charge on any atom is 0.319 e. The van der Waals surface area contributed by atoms with Crippen LogP contribution in [0.25, 0.3) is 0 Å². The van der Waals surface area contributed by atoms with Crippen LogP contribution in [0.4, 0.5) is 0 Å². The average molecular weight is 487 g/mol. The van der Waals surface area contributed by atoms with Gasteiger partial charge in [-0.2, -0.15) is 19.9 Å². The molecule has 3 aromatic rings. The minimum atomic E-state index is 0.140. The Hall–Kier alpha value is -2.94. The molecule has 1 aromatic carbocycles. The molecule has 2 atom stereocenters. The molecule has 1 aliphatic rings. The molecule has 0 saturated heterocycles. The van der Waals surface area contributed by atoms with Crippen molar-refractivity contribution in [1.29, 1.82) is 0 Å². The Balaban J connectivity index is 1.76. The molecule has 2 aromatic heterocycles. The van der Waals surface area contributed by atoms with Crippen molar-refractivity contribution in [1.82, 2.24) is 19.9 Å². The Morgan fingerprint density at radius 1 is 0.710 bits per heavy atom. The molecular formula is C22H23BrN4O4. The minimum Gasteiger partial charge on any atom is -0.481 e. The van der Waals surface area contributed by atoms with E-state index in [2.05, 4.69) is 48.0 Å². The van der Waals surface area contributed by atoms with E-state index < -0.39 is 0 Å². The maximum absolute atomic E-state index is 5.35. The van der Waals surface area contributed by atoms with Gasteiger partial charge in [0.2, 0.25) is 11.8 Å². The van der Waals surface area contributed by atoms with E-state index in [9.17, 15) is 0 Å². The number of benzene rings is 1. The van der Waals surface area contributed by atoms with Gasteiger partial charge in [0.15, 0.2) is 0 Å². The van der Waals surface area contributed by atoms with Crippen molar-refractivity contribution in [2.75, 3.05) is 28.4 Å². The fourth-order valence-corrected chi connectivity index (χ4v) is 4.29. The van der Waals surface area contributed by atoms with E-state index in [1.807, 2.05) is 24.3 Å². The van der Waals surface area contributed by atoms with Crippen molar-refractivity contribution in [3.05, 3.63) is 57.8 Å². The zero-order valence-electron chi connectivity index (χ0n) is 17.7. The molecule has 2 unspecified atom stereocenters. The summed E-state index contributed by atoms with van der Waals surface area (Å²) < 4.78 is 22.3. The topological polar surface area (TPSA) is 88.5 Å². The Bertz CT molecular complexity index is 958. The molecular weight excluding hydrogens is 464 g/mol. The molecule has 2 heterocycles. The van der Waals surface area contributed by atoms with Crippen LogP contribution in [-0.2, 0) is 0 Å². The fourth-order valence-electron chi connectivity index (χ4n) is 4.02. The van der Waals surface area contributed by atoms with Gasteiger partial charge in [-0.15, -0.1) is 0 Å². The van der Waals surface area contributed by atoms with Crippen molar-refractivity contribution in [3.63, 3.8) is 0 Å². The standard InChI is InChI=1S/C22H23BrN4O4/c1-28-18-10-16(24-21(26-18)30-3)14-9-15(20(14)12-5-7-13(23)8-6-12)17-11-19(29-2)27-22(25-17)31-4/h5-8,10-11,14-15,20H,9H2,1-4H3. The normalized spacial score (nSPS) is 20.0. The molecule has 8 nitrogen and oxygen atoms in total. The van der Waals surface area contributed by atoms with Crippen molar-refractivity contribution in [3.8, 4) is 23.8 Å². The molecule has 0 aliphatic heterocycles. The first kappa shape index (κ1) is 21.3. The molecule has 0 bridgehead atoms. The number of halogens is 1. The lowest BCUT2D eigenvalue weighted by atomic mass is 9.59. The summed E-state index contributed by atoms with van der Waals surface area (Å²) in [6.07, 6.45) is 0.841. The number of rotatable bonds is 7. The minimum absolute atomic E-state index is 0.140. The Morgan fingerprint density at radius 3 is 1.61 bits per heavy atom. The Kier molecular flexibility index (Phi) is 6.22. The first-order valence-electron chi connectivity index (χ1n) is 9.75. The van der Waals surface area contributed by atoms with Crippen molar-refractivity contribution in [2.24, 2.45) is 0 Å². The highest BCUT2D eigenvalue weighted by molar-refractivity contribution is 9.10. The summed E-state index contributed by atoms with van der Waals surface area (Å²) in [4.78, 5) is 17.7. The number of nitrogens with zero attached hydrogens (tertiary/aromatic N) is 4. The zero-order chi connectivity index (χ0) is 22.0. The second-order valence-corrected chi connectivity index (χ2v) is 8.09. The summed E-state index contributed by atoms with van der Waals surface area (Å²) in [5.74, 6) is 1.38. The smallest absolute Gasteiger partial charge is 0.319 e. The van der Waals surface area contributed by atoms with E-state index in [1.165, 1.54) is 5.56 Å². The highest BCUT2D eigenvalue weighted by Crippen LogP contribution is 2.58. The lowest BCUT2D eigenvalue weighted by Gasteiger charge is -2.44. The highest BCUT2D eigenvalue weighted by Gasteiger charge is 2.46. The molecule has 1 fully saturated rings. The monoisotopic (exact) mass is 486 g/mol. The molecule has 1 aliphatic carbocycles. The van der Waals surface area contributed by atoms with Gasteiger partial charge in [0.25, 0.3) is 0 Å². The number of hydrogen-bond acceptors (Lipinski definition) is 8. The predicted octanol–water partition coefficient (Wildman–Crippen LogP) is 4.12. The van der Waals surface area contributed by atoms with Gasteiger partial charge in [-0.1, -0.05) is 28.1 Å². The molecule has 0 spiro atoms. The summed E-state index contributed by atoms with van der Waals surface area (Å²) in [5.41, 5.74) is 2.94. The van der Waals surface area contributed by atoms with Crippen LogP contribution in [0.2, 0.25) is 0 Å². The number of aromatic nitrogens is 4. The number of methoxy groups -OCH3 is 4. The van der Waals surface area contributed by atoms with Gasteiger partial charge in [-0.05, 0) is 24.1 Å². The van der Waals surface area contributed by atoms with E-state index in [0.29, 0.717) is 11.8 Å². The van der Waals surface area contributed by atoms with Crippen LogP contribution in [0.15, 0.2) is 40.9 Å². The summed E-state index contributed by atoms with van der Waals surface area (Å²) in [7, 11) is 6.27. The van der Waals surface area contributed by atoms with Crippen molar-refractivity contribution >= 4 is 15.9 Å². The van der Waals surface area contributed by atoms with Gasteiger partial charge in [-0.3, -0.25) is 0 Å². The second-order valence-electron chi connectivity index (χ2n) is 7.17. The largest absolute Gasteiger partial charge is 0.481 e. The molecule has 162 valence electrons. The summed E-state index contributed by atoms with van der Waals surface area (Å²) in [5, 5.41) is 0. The molecule has 31 heavy (non-hydrogen) atoms. The lowest BCUT2D eigenvalue weighted by molar-refractivity contribution is 0.263. The first-order chi connectivity index (χ1) is 15.1. The molecule has 9 heteroatoms. The van der Waals surface area contributed by atoms with Crippen molar-refractivity contribution < 1.29 is 18.9 Å². The SMILES string of the molecule is COc1cc(C2CC(c3cc(OC)nc(OC)n3)C2c2ccc(Br)cc2)nc(OC)n1. The molecule has 0 amide bonds. The van der Waals surface area contributed by atoms with Gasteiger partial charge in [0.1, 0.15) is 0 Å². The van der Waals surface area contributed by atoms with Crippen LogP contribution < -0.4 is 18.9 Å². The van der Waals surface area contributed by atoms with E-state index in [4.69, 9.17) is 18.9 Å². The van der Waals surface area contributed by atoms with Crippen LogP contribution in [0.1, 0.15) is 41.1 Å². The third-order valence-electron chi connectivity index (χ3n) is 5.58. The van der Waals surface area contributed by atoms with Gasteiger partial charge in [0.05, 0.1) is 39.8 Å². The summed E-state index contributed by atoms with van der Waals surface area (Å²) in [6, 6.07) is 12.7. The number of ether oxygens (including phenoxy) is 4. The lowest BCUT2D eigenvalue weighted by Crippen LogP contribution is -2.33. The zero-order valence-corrected chi connectivity index (χ0v) is 19.3. The van der Waals surface area contributed by atoms with E-state index >= 15 is 0 Å². The van der Waals surface area contributed by atoms with Gasteiger partial charge in [0, 0.05) is 34.4 Å². The van der Waals surface area contributed by atoms with E-state index in [1.54, 1.807) is 28.4 Å². The van der Waals surface area contributed by atoms with Gasteiger partial charge in [-0.25, -0.2) is 0 Å². The van der Waals surface area contributed by atoms with Crippen LogP contribution in [0.5, 0.6) is 23.8 Å². The second kappa shape index (κ2) is 9.05. The quantitative estimate of drug-likeness (QED) is 0.492. The Labute approximate surface area is 189 Å².